The van der Waals surface area contributed by atoms with Crippen LogP contribution in [0.2, 0.25) is 0 Å². The minimum atomic E-state index is -3.60. The summed E-state index contributed by atoms with van der Waals surface area (Å²) in [5.41, 5.74) is -0.405. The van der Waals surface area contributed by atoms with Crippen LogP contribution in [0.4, 0.5) is 0 Å². The van der Waals surface area contributed by atoms with Crippen molar-refractivity contribution in [3.63, 3.8) is 0 Å². The number of rotatable bonds is 6. The standard InChI is InChI=1S/C14H23NO4S/c1-13(8-9-13)20(18,19)15-14(2,12(16)17)10-11-6-4-3-5-7-11/h6,15H,3-5,7-10H2,1-2H3,(H,16,17). The summed E-state index contributed by atoms with van der Waals surface area (Å²) in [6, 6.07) is 0. The molecule has 0 heterocycles. The molecule has 1 fully saturated rings. The van der Waals surface area contributed by atoms with E-state index in [2.05, 4.69) is 10.8 Å². The first-order chi connectivity index (χ1) is 9.19. The highest BCUT2D eigenvalue weighted by Crippen LogP contribution is 2.43. The van der Waals surface area contributed by atoms with Crippen molar-refractivity contribution in [2.24, 2.45) is 0 Å². The molecule has 2 aliphatic carbocycles. The van der Waals surface area contributed by atoms with Crippen molar-refractivity contribution in [2.75, 3.05) is 0 Å². The smallest absolute Gasteiger partial charge is 0.324 e. The van der Waals surface area contributed by atoms with Crippen LogP contribution in [0.25, 0.3) is 0 Å². The number of aliphatic carboxylic acids is 1. The second-order valence-corrected chi connectivity index (χ2v) is 8.67. The molecule has 0 aromatic heterocycles. The van der Waals surface area contributed by atoms with Crippen molar-refractivity contribution < 1.29 is 18.3 Å². The summed E-state index contributed by atoms with van der Waals surface area (Å²) in [6.45, 7) is 3.13. The molecule has 1 saturated carbocycles. The van der Waals surface area contributed by atoms with Crippen LogP contribution in [0, 0.1) is 0 Å². The molecule has 0 radical (unpaired) electrons. The fourth-order valence-electron chi connectivity index (χ4n) is 2.54. The van der Waals surface area contributed by atoms with Gasteiger partial charge in [-0.1, -0.05) is 11.6 Å². The zero-order valence-corrected chi connectivity index (χ0v) is 12.9. The molecule has 2 aliphatic rings. The van der Waals surface area contributed by atoms with E-state index in [1.807, 2.05) is 0 Å². The molecule has 0 aromatic carbocycles. The van der Waals surface area contributed by atoms with Crippen LogP contribution in [0.15, 0.2) is 11.6 Å². The van der Waals surface area contributed by atoms with Crippen LogP contribution < -0.4 is 4.72 Å². The molecule has 0 spiro atoms. The van der Waals surface area contributed by atoms with Gasteiger partial charge in [-0.05, 0) is 58.8 Å². The zero-order chi connectivity index (χ0) is 15.0. The normalized spacial score (nSPS) is 24.6. The highest BCUT2D eigenvalue weighted by Gasteiger charge is 2.53. The van der Waals surface area contributed by atoms with Gasteiger partial charge in [0.05, 0.1) is 4.75 Å². The van der Waals surface area contributed by atoms with Crippen molar-refractivity contribution in [1.29, 1.82) is 0 Å². The summed E-state index contributed by atoms with van der Waals surface area (Å²) in [4.78, 5) is 11.6. The van der Waals surface area contributed by atoms with Crippen LogP contribution >= 0.6 is 0 Å². The van der Waals surface area contributed by atoms with Crippen molar-refractivity contribution in [3.05, 3.63) is 11.6 Å². The van der Waals surface area contributed by atoms with Crippen molar-refractivity contribution in [2.45, 2.75) is 69.1 Å². The van der Waals surface area contributed by atoms with Gasteiger partial charge in [-0.15, -0.1) is 0 Å². The molecule has 1 unspecified atom stereocenters. The average molecular weight is 301 g/mol. The van der Waals surface area contributed by atoms with Gasteiger partial charge in [0, 0.05) is 0 Å². The van der Waals surface area contributed by atoms with Crippen LogP contribution in [0.5, 0.6) is 0 Å². The quantitative estimate of drug-likeness (QED) is 0.737. The van der Waals surface area contributed by atoms with Crippen molar-refractivity contribution >= 4 is 16.0 Å². The Morgan fingerprint density at radius 1 is 1.45 bits per heavy atom. The number of hydrogen-bond donors (Lipinski definition) is 2. The number of hydrogen-bond acceptors (Lipinski definition) is 3. The van der Waals surface area contributed by atoms with Gasteiger partial charge in [-0.25, -0.2) is 8.42 Å². The van der Waals surface area contributed by atoms with Gasteiger partial charge >= 0.3 is 5.97 Å². The van der Waals surface area contributed by atoms with E-state index in [-0.39, 0.29) is 6.42 Å². The number of carboxylic acids is 1. The van der Waals surface area contributed by atoms with Crippen molar-refractivity contribution in [1.82, 2.24) is 4.72 Å². The first-order valence-electron chi connectivity index (χ1n) is 7.13. The predicted octanol–water partition coefficient (Wildman–Crippen LogP) is 2.19. The Bertz CT molecular complexity index is 533. The SMILES string of the molecule is CC(CC1=CCCCC1)(NS(=O)(=O)C1(C)CC1)C(=O)O. The summed E-state index contributed by atoms with van der Waals surface area (Å²) in [7, 11) is -3.60. The maximum atomic E-state index is 12.3. The van der Waals surface area contributed by atoms with E-state index in [4.69, 9.17) is 0 Å². The van der Waals surface area contributed by atoms with E-state index in [1.165, 1.54) is 6.92 Å². The number of carbonyl (C=O) groups is 1. The maximum absolute atomic E-state index is 12.3. The summed E-state index contributed by atoms with van der Waals surface area (Å²) in [5.74, 6) is -1.11. The first kappa shape index (κ1) is 15.5. The largest absolute Gasteiger partial charge is 0.480 e. The average Bonchev–Trinajstić information content (AvgIpc) is 3.09. The second-order valence-electron chi connectivity index (χ2n) is 6.48. The van der Waals surface area contributed by atoms with Gasteiger partial charge in [-0.3, -0.25) is 4.79 Å². The lowest BCUT2D eigenvalue weighted by atomic mass is 9.88. The Hall–Kier alpha value is -0.880. The molecular formula is C14H23NO4S. The molecule has 0 amide bonds. The third-order valence-corrected chi connectivity index (χ3v) is 6.83. The molecule has 0 aliphatic heterocycles. The Balaban J connectivity index is 2.17. The van der Waals surface area contributed by atoms with Gasteiger partial charge in [-0.2, -0.15) is 4.72 Å². The molecule has 1 atom stereocenters. The summed E-state index contributed by atoms with van der Waals surface area (Å²) < 4.78 is 26.2. The van der Waals surface area contributed by atoms with Crippen LogP contribution in [-0.4, -0.2) is 29.8 Å². The Morgan fingerprint density at radius 2 is 2.10 bits per heavy atom. The number of allylic oxidation sites excluding steroid dienone is 1. The van der Waals surface area contributed by atoms with Crippen molar-refractivity contribution in [3.8, 4) is 0 Å². The Kier molecular flexibility index (Phi) is 3.99. The lowest BCUT2D eigenvalue weighted by molar-refractivity contribution is -0.143. The van der Waals surface area contributed by atoms with Gasteiger partial charge in [0.15, 0.2) is 0 Å². The van der Waals surface area contributed by atoms with Gasteiger partial charge < -0.3 is 5.11 Å². The molecule has 114 valence electrons. The molecule has 2 N–H and O–H groups in total. The van der Waals surface area contributed by atoms with Crippen LogP contribution in [0.1, 0.15) is 58.8 Å². The monoisotopic (exact) mass is 301 g/mol. The zero-order valence-electron chi connectivity index (χ0n) is 12.1. The summed E-state index contributed by atoms with van der Waals surface area (Å²) in [5, 5.41) is 9.46. The van der Waals surface area contributed by atoms with Gasteiger partial charge in [0.2, 0.25) is 10.0 Å². The van der Waals surface area contributed by atoms with Gasteiger partial charge in [0.25, 0.3) is 0 Å². The van der Waals surface area contributed by atoms with E-state index in [0.29, 0.717) is 12.8 Å². The molecule has 0 bridgehead atoms. The lowest BCUT2D eigenvalue weighted by Crippen LogP contribution is -2.54. The predicted molar refractivity (Wildman–Crippen MR) is 76.9 cm³/mol. The van der Waals surface area contributed by atoms with E-state index in [9.17, 15) is 18.3 Å². The first-order valence-corrected chi connectivity index (χ1v) is 8.62. The highest BCUT2D eigenvalue weighted by molar-refractivity contribution is 7.91. The van der Waals surface area contributed by atoms with E-state index < -0.39 is 26.3 Å². The van der Waals surface area contributed by atoms with Crippen LogP contribution in [0.3, 0.4) is 0 Å². The van der Waals surface area contributed by atoms with Crippen LogP contribution in [-0.2, 0) is 14.8 Å². The molecule has 0 aromatic rings. The molecule has 0 saturated heterocycles. The third kappa shape index (κ3) is 3.06. The molecule has 2 rings (SSSR count). The minimum absolute atomic E-state index is 0.248. The minimum Gasteiger partial charge on any atom is -0.480 e. The lowest BCUT2D eigenvalue weighted by Gasteiger charge is -2.29. The third-order valence-electron chi connectivity index (χ3n) is 4.40. The van der Waals surface area contributed by atoms with E-state index >= 15 is 0 Å². The van der Waals surface area contributed by atoms with Gasteiger partial charge in [0.1, 0.15) is 5.54 Å². The van der Waals surface area contributed by atoms with E-state index in [0.717, 1.165) is 31.3 Å². The molecule has 5 nitrogen and oxygen atoms in total. The Morgan fingerprint density at radius 3 is 2.55 bits per heavy atom. The fraction of sp³-hybridized carbons (Fsp3) is 0.786. The Labute approximate surface area is 120 Å². The second kappa shape index (κ2) is 5.15. The highest BCUT2D eigenvalue weighted by atomic mass is 32.2. The molecule has 6 heteroatoms. The number of carboxylic acid groups (broad SMARTS) is 1. The summed E-state index contributed by atoms with van der Waals surface area (Å²) in [6.07, 6.45) is 7.48. The summed E-state index contributed by atoms with van der Waals surface area (Å²) >= 11 is 0. The maximum Gasteiger partial charge on any atom is 0.324 e. The van der Waals surface area contributed by atoms with E-state index in [1.54, 1.807) is 6.92 Å². The topological polar surface area (TPSA) is 83.5 Å². The fourth-order valence-corrected chi connectivity index (χ4v) is 4.18. The number of sulfonamides is 1. The molecule has 20 heavy (non-hydrogen) atoms. The number of nitrogens with one attached hydrogen (secondary N) is 1. The molecular weight excluding hydrogens is 278 g/mol.